The maximum Gasteiger partial charge on any atom is 0.255 e. The van der Waals surface area contributed by atoms with Gasteiger partial charge in [0.15, 0.2) is 0 Å². The number of carbonyl (C=O) groups excluding carboxylic acids is 1. The fourth-order valence-corrected chi connectivity index (χ4v) is 3.24. The highest BCUT2D eigenvalue weighted by Crippen LogP contribution is 2.17. The zero-order valence-electron chi connectivity index (χ0n) is 15.0. The molecule has 0 saturated heterocycles. The summed E-state index contributed by atoms with van der Waals surface area (Å²) >= 11 is 0. The van der Waals surface area contributed by atoms with Crippen molar-refractivity contribution in [1.29, 1.82) is 0 Å². The molecule has 0 unspecified atom stereocenters. The number of rotatable bonds is 10. The van der Waals surface area contributed by atoms with Crippen LogP contribution in [-0.4, -0.2) is 47.7 Å². The second-order valence-corrected chi connectivity index (χ2v) is 7.30. The van der Waals surface area contributed by atoms with Gasteiger partial charge in [-0.2, -0.15) is 0 Å². The molecule has 27 heavy (non-hydrogen) atoms. The summed E-state index contributed by atoms with van der Waals surface area (Å²) in [6.45, 7) is 1.22. The van der Waals surface area contributed by atoms with E-state index in [1.807, 2.05) is 0 Å². The molecule has 2 aromatic carbocycles. The number of hydrogen-bond acceptors (Lipinski definition) is 6. The predicted octanol–water partition coefficient (Wildman–Crippen LogP) is 1.20. The van der Waals surface area contributed by atoms with Crippen molar-refractivity contribution in [3.63, 3.8) is 0 Å². The molecule has 0 radical (unpaired) electrons. The number of methoxy groups -OCH3 is 1. The van der Waals surface area contributed by atoms with E-state index in [2.05, 4.69) is 10.0 Å². The fraction of sp³-hybridized carbons (Fsp3) is 0.278. The number of carbonyl (C=O) groups is 1. The molecule has 0 aromatic heterocycles. The molecule has 0 spiro atoms. The van der Waals surface area contributed by atoms with Gasteiger partial charge in [0.05, 0.1) is 11.5 Å². The molecule has 8 nitrogen and oxygen atoms in total. The van der Waals surface area contributed by atoms with E-state index in [0.717, 1.165) is 0 Å². The van der Waals surface area contributed by atoms with Crippen LogP contribution < -0.4 is 20.5 Å². The molecule has 0 bridgehead atoms. The molecule has 0 aliphatic heterocycles. The van der Waals surface area contributed by atoms with Crippen molar-refractivity contribution < 1.29 is 22.7 Å². The third kappa shape index (κ3) is 6.33. The Bertz CT molecular complexity index is 854. The maximum atomic E-state index is 12.4. The second kappa shape index (κ2) is 10.0. The standard InChI is InChI=1S/C18H23N3O5S/c1-25-12-10-20-27(23,24)17-4-2-3-14(13-17)18(22)21-15-5-7-16(8-6-15)26-11-9-19/h2-8,13,20H,9-12,19H2,1H3,(H,21,22). The van der Waals surface area contributed by atoms with Gasteiger partial charge in [0.2, 0.25) is 10.0 Å². The van der Waals surface area contributed by atoms with Crippen LogP contribution in [0.1, 0.15) is 10.4 Å². The number of anilines is 1. The van der Waals surface area contributed by atoms with Gasteiger partial charge in [-0.3, -0.25) is 4.79 Å². The number of amides is 1. The molecule has 1 amide bonds. The molecule has 0 atom stereocenters. The quantitative estimate of drug-likeness (QED) is 0.522. The van der Waals surface area contributed by atoms with Crippen LogP contribution in [-0.2, 0) is 14.8 Å². The van der Waals surface area contributed by atoms with Crippen molar-refractivity contribution in [3.8, 4) is 5.75 Å². The number of hydrogen-bond donors (Lipinski definition) is 3. The molecule has 0 aliphatic carbocycles. The largest absolute Gasteiger partial charge is 0.492 e. The lowest BCUT2D eigenvalue weighted by Crippen LogP contribution is -2.27. The highest BCUT2D eigenvalue weighted by Gasteiger charge is 2.16. The number of sulfonamides is 1. The second-order valence-electron chi connectivity index (χ2n) is 5.53. The lowest BCUT2D eigenvalue weighted by atomic mass is 10.2. The molecular weight excluding hydrogens is 370 g/mol. The molecule has 9 heteroatoms. The first-order chi connectivity index (χ1) is 13.0. The smallest absolute Gasteiger partial charge is 0.255 e. The van der Waals surface area contributed by atoms with Crippen LogP contribution in [0.4, 0.5) is 5.69 Å². The zero-order chi connectivity index (χ0) is 19.7. The lowest BCUT2D eigenvalue weighted by Gasteiger charge is -2.10. The Balaban J connectivity index is 2.06. The van der Waals surface area contributed by atoms with Gasteiger partial charge < -0.3 is 20.5 Å². The first kappa shape index (κ1) is 20.8. The minimum atomic E-state index is -3.71. The third-order valence-electron chi connectivity index (χ3n) is 3.50. The summed E-state index contributed by atoms with van der Waals surface area (Å²) in [6.07, 6.45) is 0. The van der Waals surface area contributed by atoms with Gasteiger partial charge in [-0.05, 0) is 42.5 Å². The van der Waals surface area contributed by atoms with Gasteiger partial charge in [-0.25, -0.2) is 13.1 Å². The Kier molecular flexibility index (Phi) is 7.74. The Labute approximate surface area is 158 Å². The monoisotopic (exact) mass is 393 g/mol. The minimum Gasteiger partial charge on any atom is -0.492 e. The number of nitrogens with two attached hydrogens (primary N) is 1. The first-order valence-corrected chi connectivity index (χ1v) is 9.77. The third-order valence-corrected chi connectivity index (χ3v) is 4.96. The molecule has 0 saturated carbocycles. The summed E-state index contributed by atoms with van der Waals surface area (Å²) in [6, 6.07) is 12.6. The Morgan fingerprint density at radius 2 is 1.85 bits per heavy atom. The molecule has 0 heterocycles. The van der Waals surface area contributed by atoms with Crippen molar-refractivity contribution in [2.75, 3.05) is 38.7 Å². The Morgan fingerprint density at radius 1 is 1.11 bits per heavy atom. The molecular formula is C18H23N3O5S. The van der Waals surface area contributed by atoms with Gasteiger partial charge in [0.25, 0.3) is 5.91 Å². The SMILES string of the molecule is COCCNS(=O)(=O)c1cccc(C(=O)Nc2ccc(OCCN)cc2)c1. The highest BCUT2D eigenvalue weighted by molar-refractivity contribution is 7.89. The van der Waals surface area contributed by atoms with E-state index in [1.165, 1.54) is 25.3 Å². The Hall–Kier alpha value is -2.46. The summed E-state index contributed by atoms with van der Waals surface area (Å²) in [7, 11) is -2.23. The summed E-state index contributed by atoms with van der Waals surface area (Å²) in [5.41, 5.74) is 6.17. The van der Waals surface area contributed by atoms with E-state index < -0.39 is 15.9 Å². The molecule has 0 fully saturated rings. The number of nitrogens with one attached hydrogen (secondary N) is 2. The normalized spacial score (nSPS) is 11.2. The van der Waals surface area contributed by atoms with Crippen LogP contribution in [0.2, 0.25) is 0 Å². The number of benzene rings is 2. The van der Waals surface area contributed by atoms with Gasteiger partial charge in [0, 0.05) is 31.5 Å². The topological polar surface area (TPSA) is 120 Å². The predicted molar refractivity (Wildman–Crippen MR) is 102 cm³/mol. The molecule has 0 aliphatic rings. The van der Waals surface area contributed by atoms with Crippen molar-refractivity contribution in [2.45, 2.75) is 4.90 Å². The summed E-state index contributed by atoms with van der Waals surface area (Å²) < 4.78 is 37.1. The molecule has 4 N–H and O–H groups in total. The van der Waals surface area contributed by atoms with E-state index in [4.69, 9.17) is 15.2 Å². The van der Waals surface area contributed by atoms with Crippen molar-refractivity contribution in [1.82, 2.24) is 4.72 Å². The van der Waals surface area contributed by atoms with Gasteiger partial charge in [-0.1, -0.05) is 6.07 Å². The van der Waals surface area contributed by atoms with E-state index in [0.29, 0.717) is 24.6 Å². The Morgan fingerprint density at radius 3 is 2.52 bits per heavy atom. The van der Waals surface area contributed by atoms with Gasteiger partial charge in [-0.15, -0.1) is 0 Å². The maximum absolute atomic E-state index is 12.4. The molecule has 2 aromatic rings. The van der Waals surface area contributed by atoms with E-state index in [-0.39, 0.29) is 23.6 Å². The fourth-order valence-electron chi connectivity index (χ4n) is 2.18. The first-order valence-electron chi connectivity index (χ1n) is 8.29. The average Bonchev–Trinajstić information content (AvgIpc) is 2.67. The zero-order valence-corrected chi connectivity index (χ0v) is 15.8. The number of ether oxygens (including phenoxy) is 2. The van der Waals surface area contributed by atoms with Crippen LogP contribution in [0.15, 0.2) is 53.4 Å². The highest BCUT2D eigenvalue weighted by atomic mass is 32.2. The van der Waals surface area contributed by atoms with Crippen LogP contribution in [0.3, 0.4) is 0 Å². The minimum absolute atomic E-state index is 0.0109. The van der Waals surface area contributed by atoms with E-state index in [9.17, 15) is 13.2 Å². The van der Waals surface area contributed by atoms with Crippen molar-refractivity contribution >= 4 is 21.6 Å². The van der Waals surface area contributed by atoms with Crippen LogP contribution in [0, 0.1) is 0 Å². The van der Waals surface area contributed by atoms with Crippen LogP contribution in [0.5, 0.6) is 5.75 Å². The van der Waals surface area contributed by atoms with Gasteiger partial charge in [0.1, 0.15) is 12.4 Å². The van der Waals surface area contributed by atoms with Crippen LogP contribution >= 0.6 is 0 Å². The molecule has 146 valence electrons. The van der Waals surface area contributed by atoms with Crippen molar-refractivity contribution in [3.05, 3.63) is 54.1 Å². The van der Waals surface area contributed by atoms with Gasteiger partial charge >= 0.3 is 0 Å². The summed E-state index contributed by atoms with van der Waals surface area (Å²) in [5.74, 6) is 0.230. The van der Waals surface area contributed by atoms with E-state index >= 15 is 0 Å². The lowest BCUT2D eigenvalue weighted by molar-refractivity contribution is 0.102. The summed E-state index contributed by atoms with van der Waals surface area (Å²) in [4.78, 5) is 12.4. The van der Waals surface area contributed by atoms with Crippen molar-refractivity contribution in [2.24, 2.45) is 5.73 Å². The average molecular weight is 393 g/mol. The van der Waals surface area contributed by atoms with Crippen LogP contribution in [0.25, 0.3) is 0 Å². The summed E-state index contributed by atoms with van der Waals surface area (Å²) in [5, 5.41) is 2.72. The molecule has 2 rings (SSSR count). The van der Waals surface area contributed by atoms with E-state index in [1.54, 1.807) is 30.3 Å².